The monoisotopic (exact) mass is 421 g/mol. The quantitative estimate of drug-likeness (QED) is 0.797. The number of ether oxygens (including phenoxy) is 1. The van der Waals surface area contributed by atoms with Crippen LogP contribution in [0.4, 0.5) is 19.0 Å². The predicted octanol–water partition coefficient (Wildman–Crippen LogP) is 3.46. The molecule has 4 heterocycles. The van der Waals surface area contributed by atoms with Gasteiger partial charge in [-0.2, -0.15) is 13.2 Å². The van der Waals surface area contributed by atoms with Gasteiger partial charge in [0.1, 0.15) is 5.82 Å². The summed E-state index contributed by atoms with van der Waals surface area (Å²) in [6.45, 7) is 4.09. The fourth-order valence-corrected chi connectivity index (χ4v) is 4.29. The molecule has 0 saturated carbocycles. The molecule has 3 atom stereocenters. The maximum absolute atomic E-state index is 13.3. The van der Waals surface area contributed by atoms with Gasteiger partial charge in [-0.1, -0.05) is 0 Å². The number of nitrogens with zero attached hydrogens (tertiary/aromatic N) is 4. The number of anilines is 1. The molecular formula is C20H22F3N5O2. The molecule has 0 aliphatic carbocycles. The van der Waals surface area contributed by atoms with Gasteiger partial charge >= 0.3 is 6.18 Å². The molecule has 0 unspecified atom stereocenters. The van der Waals surface area contributed by atoms with E-state index in [2.05, 4.69) is 20.3 Å². The van der Waals surface area contributed by atoms with E-state index in [0.717, 1.165) is 24.7 Å². The lowest BCUT2D eigenvalue weighted by Gasteiger charge is -2.25. The molecule has 160 valence electrons. The third-order valence-electron chi connectivity index (χ3n) is 5.55. The standard InChI is InChI=1S/C20H22F3N5O2/c1-3-30-15-7-4-11(2)26-18(15)19(29)28-12-5-6-14(28)13(8-12)27-17-10-24-16(9-25-17)20(21,22)23/h4,7,9-10,12-14H,3,5-6,8H2,1-2H3,(H,25,27)/t12-,13-,14+/m1/s1. The summed E-state index contributed by atoms with van der Waals surface area (Å²) in [6, 6.07) is 3.39. The molecule has 0 spiro atoms. The summed E-state index contributed by atoms with van der Waals surface area (Å²) in [5.41, 5.74) is -0.0152. The Morgan fingerprint density at radius 3 is 2.73 bits per heavy atom. The lowest BCUT2D eigenvalue weighted by atomic mass is 9.95. The van der Waals surface area contributed by atoms with Gasteiger partial charge in [0.2, 0.25) is 0 Å². The Bertz CT molecular complexity index is 935. The minimum Gasteiger partial charge on any atom is -0.491 e. The summed E-state index contributed by atoms with van der Waals surface area (Å²) < 4.78 is 43.6. The molecule has 0 radical (unpaired) electrons. The molecule has 2 aliphatic heterocycles. The Kier molecular flexibility index (Phi) is 5.25. The van der Waals surface area contributed by atoms with Crippen molar-refractivity contribution in [2.75, 3.05) is 11.9 Å². The third kappa shape index (κ3) is 3.78. The van der Waals surface area contributed by atoms with Gasteiger partial charge in [0.05, 0.1) is 31.1 Å². The Balaban J connectivity index is 1.52. The van der Waals surface area contributed by atoms with Crippen molar-refractivity contribution in [3.63, 3.8) is 0 Å². The number of hydrogen-bond donors (Lipinski definition) is 1. The van der Waals surface area contributed by atoms with E-state index in [4.69, 9.17) is 4.74 Å². The first-order chi connectivity index (χ1) is 14.3. The number of carbonyl (C=O) groups is 1. The van der Waals surface area contributed by atoms with E-state index in [9.17, 15) is 18.0 Å². The predicted molar refractivity (Wildman–Crippen MR) is 102 cm³/mol. The van der Waals surface area contributed by atoms with Gasteiger partial charge in [-0.25, -0.2) is 15.0 Å². The smallest absolute Gasteiger partial charge is 0.434 e. The molecule has 1 N–H and O–H groups in total. The zero-order chi connectivity index (χ0) is 21.5. The summed E-state index contributed by atoms with van der Waals surface area (Å²) in [7, 11) is 0. The SMILES string of the molecule is CCOc1ccc(C)nc1C(=O)N1[C@@H]2CC[C@H]1[C@H](Nc1cnc(C(F)(F)F)cn1)C2. The van der Waals surface area contributed by atoms with Gasteiger partial charge in [0, 0.05) is 11.7 Å². The van der Waals surface area contributed by atoms with Crippen molar-refractivity contribution in [2.45, 2.75) is 57.4 Å². The third-order valence-corrected chi connectivity index (χ3v) is 5.55. The summed E-state index contributed by atoms with van der Waals surface area (Å²) in [6.07, 6.45) is -0.365. The Hall–Kier alpha value is -2.91. The van der Waals surface area contributed by atoms with Crippen LogP contribution in [0.5, 0.6) is 5.75 Å². The minimum absolute atomic E-state index is 0.0409. The zero-order valence-electron chi connectivity index (χ0n) is 16.6. The van der Waals surface area contributed by atoms with Crippen molar-refractivity contribution >= 4 is 11.7 Å². The number of amides is 1. The largest absolute Gasteiger partial charge is 0.491 e. The van der Waals surface area contributed by atoms with Crippen LogP contribution < -0.4 is 10.1 Å². The van der Waals surface area contributed by atoms with Gasteiger partial charge < -0.3 is 15.0 Å². The van der Waals surface area contributed by atoms with Crippen molar-refractivity contribution in [1.82, 2.24) is 19.9 Å². The average molecular weight is 421 g/mol. The summed E-state index contributed by atoms with van der Waals surface area (Å²) in [5, 5.41) is 3.15. The van der Waals surface area contributed by atoms with Crippen molar-refractivity contribution in [3.8, 4) is 5.75 Å². The number of nitrogens with one attached hydrogen (secondary N) is 1. The van der Waals surface area contributed by atoms with E-state index in [-0.39, 0.29) is 29.9 Å². The highest BCUT2D eigenvalue weighted by Crippen LogP contribution is 2.40. The van der Waals surface area contributed by atoms with Crippen LogP contribution in [0.1, 0.15) is 48.1 Å². The van der Waals surface area contributed by atoms with Gasteiger partial charge in [0.15, 0.2) is 17.1 Å². The van der Waals surface area contributed by atoms with E-state index in [1.165, 1.54) is 0 Å². The molecule has 2 aromatic heterocycles. The van der Waals surface area contributed by atoms with E-state index in [1.807, 2.05) is 18.7 Å². The number of rotatable bonds is 5. The fraction of sp³-hybridized carbons (Fsp3) is 0.500. The summed E-state index contributed by atoms with van der Waals surface area (Å²) in [5.74, 6) is 0.534. The average Bonchev–Trinajstić information content (AvgIpc) is 3.26. The molecule has 7 nitrogen and oxygen atoms in total. The van der Waals surface area contributed by atoms with E-state index in [0.29, 0.717) is 30.7 Å². The van der Waals surface area contributed by atoms with Crippen molar-refractivity contribution < 1.29 is 22.7 Å². The van der Waals surface area contributed by atoms with E-state index < -0.39 is 11.9 Å². The second-order valence-corrected chi connectivity index (χ2v) is 7.51. The first kappa shape index (κ1) is 20.4. The number of aryl methyl sites for hydroxylation is 1. The van der Waals surface area contributed by atoms with Crippen molar-refractivity contribution in [2.24, 2.45) is 0 Å². The number of pyridine rings is 1. The maximum atomic E-state index is 13.3. The van der Waals surface area contributed by atoms with Crippen LogP contribution in [0.15, 0.2) is 24.5 Å². The summed E-state index contributed by atoms with van der Waals surface area (Å²) >= 11 is 0. The first-order valence-corrected chi connectivity index (χ1v) is 9.86. The maximum Gasteiger partial charge on any atom is 0.434 e. The number of aromatic nitrogens is 3. The minimum atomic E-state index is -4.53. The number of hydrogen-bond acceptors (Lipinski definition) is 6. The molecule has 2 aromatic rings. The molecule has 2 fully saturated rings. The normalized spacial score (nSPS) is 23.0. The van der Waals surface area contributed by atoms with Crippen LogP contribution in [0.2, 0.25) is 0 Å². The van der Waals surface area contributed by atoms with E-state index >= 15 is 0 Å². The Morgan fingerprint density at radius 1 is 1.27 bits per heavy atom. The van der Waals surface area contributed by atoms with Crippen LogP contribution in [-0.4, -0.2) is 50.5 Å². The highest BCUT2D eigenvalue weighted by Gasteiger charge is 2.49. The second-order valence-electron chi connectivity index (χ2n) is 7.51. The van der Waals surface area contributed by atoms with Gasteiger partial charge in [-0.3, -0.25) is 4.79 Å². The topological polar surface area (TPSA) is 80.2 Å². The fourth-order valence-electron chi connectivity index (χ4n) is 4.29. The highest BCUT2D eigenvalue weighted by atomic mass is 19.4. The summed E-state index contributed by atoms with van der Waals surface area (Å²) in [4.78, 5) is 26.8. The van der Waals surface area contributed by atoms with Crippen LogP contribution >= 0.6 is 0 Å². The van der Waals surface area contributed by atoms with Crippen LogP contribution in [-0.2, 0) is 6.18 Å². The lowest BCUT2D eigenvalue weighted by Crippen LogP contribution is -2.40. The van der Waals surface area contributed by atoms with Crippen LogP contribution in [0, 0.1) is 6.92 Å². The van der Waals surface area contributed by atoms with Crippen LogP contribution in [0.25, 0.3) is 0 Å². The number of alkyl halides is 3. The molecule has 10 heteroatoms. The number of halogens is 3. The van der Waals surface area contributed by atoms with Gasteiger partial charge in [0.25, 0.3) is 5.91 Å². The lowest BCUT2D eigenvalue weighted by molar-refractivity contribution is -0.141. The molecule has 30 heavy (non-hydrogen) atoms. The van der Waals surface area contributed by atoms with Crippen molar-refractivity contribution in [3.05, 3.63) is 41.6 Å². The zero-order valence-corrected chi connectivity index (χ0v) is 16.6. The van der Waals surface area contributed by atoms with E-state index in [1.54, 1.807) is 12.1 Å². The Morgan fingerprint density at radius 2 is 2.07 bits per heavy atom. The van der Waals surface area contributed by atoms with Gasteiger partial charge in [-0.05, 0) is 45.2 Å². The molecule has 2 aliphatic rings. The molecule has 0 aromatic carbocycles. The second kappa shape index (κ2) is 7.73. The first-order valence-electron chi connectivity index (χ1n) is 9.86. The van der Waals surface area contributed by atoms with Crippen molar-refractivity contribution in [1.29, 1.82) is 0 Å². The Labute approximate surface area is 171 Å². The van der Waals surface area contributed by atoms with Crippen LogP contribution in [0.3, 0.4) is 0 Å². The molecule has 2 saturated heterocycles. The highest BCUT2D eigenvalue weighted by molar-refractivity contribution is 5.96. The molecule has 2 bridgehead atoms. The number of carbonyl (C=O) groups excluding carboxylic acids is 1. The molecule has 4 rings (SSSR count). The number of fused-ring (bicyclic) bond motifs is 2. The molecule has 1 amide bonds. The van der Waals surface area contributed by atoms with Gasteiger partial charge in [-0.15, -0.1) is 0 Å². The molecular weight excluding hydrogens is 399 g/mol.